The molecule has 2 N–H and O–H groups in total. The molecular weight excluding hydrogens is 249 g/mol. The Morgan fingerprint density at radius 3 is 2.11 bits per heavy atom. The first-order valence-electron chi connectivity index (χ1n) is 6.12. The summed E-state index contributed by atoms with van der Waals surface area (Å²) in [5, 5.41) is 19.3. The molecular formula is C12H19F3O3. The number of hydrogen-bond acceptors (Lipinski definition) is 2. The highest BCUT2D eigenvalue weighted by Gasteiger charge is 2.52. The molecule has 0 radical (unpaired) electrons. The van der Waals surface area contributed by atoms with Crippen LogP contribution in [0, 0.1) is 17.8 Å². The number of carboxylic acids is 1. The fraction of sp³-hybridized carbons (Fsp3) is 0.917. The summed E-state index contributed by atoms with van der Waals surface area (Å²) in [6.07, 6.45) is -3.96. The number of rotatable bonds is 3. The minimum atomic E-state index is -4.31. The van der Waals surface area contributed by atoms with Gasteiger partial charge in [0, 0.05) is 0 Å². The van der Waals surface area contributed by atoms with Gasteiger partial charge in [-0.2, -0.15) is 13.2 Å². The molecule has 3 nitrogen and oxygen atoms in total. The monoisotopic (exact) mass is 268 g/mol. The van der Waals surface area contributed by atoms with Gasteiger partial charge in [-0.25, -0.2) is 4.79 Å². The van der Waals surface area contributed by atoms with Crippen LogP contribution in [0.15, 0.2) is 0 Å². The van der Waals surface area contributed by atoms with E-state index in [0.29, 0.717) is 12.8 Å². The molecule has 1 aliphatic rings. The van der Waals surface area contributed by atoms with Gasteiger partial charge in [-0.3, -0.25) is 0 Å². The smallest absolute Gasteiger partial charge is 0.391 e. The van der Waals surface area contributed by atoms with Crippen LogP contribution in [0.3, 0.4) is 0 Å². The maximum Gasteiger partial charge on any atom is 0.391 e. The molecule has 0 heterocycles. The van der Waals surface area contributed by atoms with Crippen molar-refractivity contribution in [1.82, 2.24) is 0 Å². The summed E-state index contributed by atoms with van der Waals surface area (Å²) < 4.78 is 38.0. The van der Waals surface area contributed by atoms with Gasteiger partial charge in [0.05, 0.1) is 5.92 Å². The Kier molecular flexibility index (Phi) is 4.30. The highest BCUT2D eigenvalue weighted by Crippen LogP contribution is 2.45. The van der Waals surface area contributed by atoms with Crippen molar-refractivity contribution in [3.8, 4) is 0 Å². The topological polar surface area (TPSA) is 57.5 Å². The Bertz CT molecular complexity index is 314. The molecule has 106 valence electrons. The minimum absolute atomic E-state index is 0.0216. The third kappa shape index (κ3) is 2.79. The molecule has 0 spiro atoms. The highest BCUT2D eigenvalue weighted by atomic mass is 19.4. The van der Waals surface area contributed by atoms with Crippen molar-refractivity contribution in [3.63, 3.8) is 0 Å². The third-order valence-electron chi connectivity index (χ3n) is 3.98. The largest absolute Gasteiger partial charge is 0.479 e. The van der Waals surface area contributed by atoms with E-state index in [4.69, 9.17) is 5.11 Å². The van der Waals surface area contributed by atoms with E-state index in [1.165, 1.54) is 13.8 Å². The summed E-state index contributed by atoms with van der Waals surface area (Å²) in [5.74, 6) is -4.38. The van der Waals surface area contributed by atoms with E-state index in [1.54, 1.807) is 0 Å². The first kappa shape index (κ1) is 15.3. The summed E-state index contributed by atoms with van der Waals surface area (Å²) >= 11 is 0. The predicted molar refractivity (Wildman–Crippen MR) is 58.9 cm³/mol. The molecule has 3 atom stereocenters. The number of hydrogen-bond donors (Lipinski definition) is 2. The fourth-order valence-electron chi connectivity index (χ4n) is 2.78. The Labute approximate surface area is 104 Å². The lowest BCUT2D eigenvalue weighted by Gasteiger charge is -2.40. The molecule has 0 saturated heterocycles. The van der Waals surface area contributed by atoms with Gasteiger partial charge in [-0.05, 0) is 31.1 Å². The molecule has 1 rings (SSSR count). The molecule has 1 aliphatic carbocycles. The Balaban J connectivity index is 2.91. The molecule has 3 unspecified atom stereocenters. The first-order chi connectivity index (χ1) is 8.10. The van der Waals surface area contributed by atoms with E-state index in [9.17, 15) is 23.1 Å². The van der Waals surface area contributed by atoms with Gasteiger partial charge < -0.3 is 10.2 Å². The second-order valence-electron chi connectivity index (χ2n) is 5.39. The molecule has 0 aromatic heterocycles. The SMILES string of the molecule is CC(C)C(O)(C(=O)O)C1CCCC(C(F)(F)F)C1. The maximum atomic E-state index is 12.7. The van der Waals surface area contributed by atoms with Crippen molar-refractivity contribution in [3.05, 3.63) is 0 Å². The average Bonchev–Trinajstić information content (AvgIpc) is 2.26. The predicted octanol–water partition coefficient (Wildman–Crippen LogP) is 2.83. The van der Waals surface area contributed by atoms with E-state index in [2.05, 4.69) is 0 Å². The molecule has 0 bridgehead atoms. The van der Waals surface area contributed by atoms with Crippen LogP contribution in [0.4, 0.5) is 13.2 Å². The van der Waals surface area contributed by atoms with Crippen LogP contribution >= 0.6 is 0 Å². The normalized spacial score (nSPS) is 29.1. The lowest BCUT2D eigenvalue weighted by molar-refractivity contribution is -0.203. The Morgan fingerprint density at radius 1 is 1.22 bits per heavy atom. The van der Waals surface area contributed by atoms with E-state index < -0.39 is 35.5 Å². The zero-order valence-corrected chi connectivity index (χ0v) is 10.5. The number of carbonyl (C=O) groups is 1. The second-order valence-corrected chi connectivity index (χ2v) is 5.39. The minimum Gasteiger partial charge on any atom is -0.479 e. The van der Waals surface area contributed by atoms with E-state index in [-0.39, 0.29) is 12.8 Å². The fourth-order valence-corrected chi connectivity index (χ4v) is 2.78. The van der Waals surface area contributed by atoms with E-state index in [0.717, 1.165) is 0 Å². The lowest BCUT2D eigenvalue weighted by atomic mass is 9.68. The van der Waals surface area contributed by atoms with E-state index in [1.807, 2.05) is 0 Å². The van der Waals surface area contributed by atoms with Gasteiger partial charge >= 0.3 is 12.1 Å². The summed E-state index contributed by atoms with van der Waals surface area (Å²) in [7, 11) is 0. The molecule has 0 aromatic carbocycles. The van der Waals surface area contributed by atoms with Gasteiger partial charge in [0.2, 0.25) is 0 Å². The summed E-state index contributed by atoms with van der Waals surface area (Å²) in [6, 6.07) is 0. The zero-order valence-electron chi connectivity index (χ0n) is 10.5. The van der Waals surface area contributed by atoms with E-state index >= 15 is 0 Å². The van der Waals surface area contributed by atoms with Gasteiger partial charge in [0.25, 0.3) is 0 Å². The van der Waals surface area contributed by atoms with Gasteiger partial charge in [-0.1, -0.05) is 20.3 Å². The number of aliphatic hydroxyl groups is 1. The number of alkyl halides is 3. The zero-order chi connectivity index (χ0) is 14.1. The van der Waals surface area contributed by atoms with Crippen LogP contribution in [0.25, 0.3) is 0 Å². The van der Waals surface area contributed by atoms with Crippen LogP contribution < -0.4 is 0 Å². The Morgan fingerprint density at radius 2 is 1.72 bits per heavy atom. The van der Waals surface area contributed by atoms with Crippen LogP contribution in [0.5, 0.6) is 0 Å². The van der Waals surface area contributed by atoms with Gasteiger partial charge in [-0.15, -0.1) is 0 Å². The van der Waals surface area contributed by atoms with Crippen molar-refractivity contribution >= 4 is 5.97 Å². The number of carboxylic acid groups (broad SMARTS) is 1. The molecule has 0 amide bonds. The lowest BCUT2D eigenvalue weighted by Crippen LogP contribution is -2.52. The first-order valence-corrected chi connectivity index (χ1v) is 6.12. The molecule has 0 aromatic rings. The van der Waals surface area contributed by atoms with Crippen LogP contribution in [-0.4, -0.2) is 28.0 Å². The van der Waals surface area contributed by atoms with Crippen LogP contribution in [-0.2, 0) is 4.79 Å². The van der Waals surface area contributed by atoms with Crippen molar-refractivity contribution in [2.75, 3.05) is 0 Å². The second kappa shape index (κ2) is 5.07. The molecule has 1 fully saturated rings. The summed E-state index contributed by atoms with van der Waals surface area (Å²) in [5.41, 5.74) is -2.07. The molecule has 6 heteroatoms. The summed E-state index contributed by atoms with van der Waals surface area (Å²) in [4.78, 5) is 11.2. The summed E-state index contributed by atoms with van der Waals surface area (Å²) in [6.45, 7) is 3.04. The molecule has 0 aliphatic heterocycles. The molecule has 18 heavy (non-hydrogen) atoms. The average molecular weight is 268 g/mol. The third-order valence-corrected chi connectivity index (χ3v) is 3.98. The maximum absolute atomic E-state index is 12.7. The number of aliphatic carboxylic acids is 1. The van der Waals surface area contributed by atoms with Gasteiger partial charge in [0.1, 0.15) is 0 Å². The van der Waals surface area contributed by atoms with Crippen LogP contribution in [0.2, 0.25) is 0 Å². The highest BCUT2D eigenvalue weighted by molar-refractivity contribution is 5.78. The number of halogens is 3. The van der Waals surface area contributed by atoms with Crippen molar-refractivity contribution < 1.29 is 28.2 Å². The van der Waals surface area contributed by atoms with Crippen molar-refractivity contribution in [1.29, 1.82) is 0 Å². The molecule has 1 saturated carbocycles. The van der Waals surface area contributed by atoms with Crippen molar-refractivity contribution in [2.45, 2.75) is 51.3 Å². The standard InChI is InChI=1S/C12H19F3O3/c1-7(2)11(18,10(16)17)8-4-3-5-9(6-8)12(13,14)15/h7-9,18H,3-6H2,1-2H3,(H,16,17). The van der Waals surface area contributed by atoms with Crippen LogP contribution in [0.1, 0.15) is 39.5 Å². The van der Waals surface area contributed by atoms with Gasteiger partial charge in [0.15, 0.2) is 5.60 Å². The van der Waals surface area contributed by atoms with Crippen molar-refractivity contribution in [2.24, 2.45) is 17.8 Å². The Hall–Kier alpha value is -0.780. The quantitative estimate of drug-likeness (QED) is 0.827.